The molecule has 1 aliphatic rings. The molecule has 0 aromatic rings. The van der Waals surface area contributed by atoms with Crippen LogP contribution in [0.25, 0.3) is 0 Å². The van der Waals surface area contributed by atoms with Crippen molar-refractivity contribution in [2.24, 2.45) is 5.73 Å². The summed E-state index contributed by atoms with van der Waals surface area (Å²) in [6.45, 7) is 0. The van der Waals surface area contributed by atoms with Crippen LogP contribution in [-0.4, -0.2) is 24.6 Å². The van der Waals surface area contributed by atoms with Crippen molar-refractivity contribution in [2.75, 3.05) is 0 Å². The number of nitrogens with two attached hydrogens (primary N) is 1. The van der Waals surface area contributed by atoms with Gasteiger partial charge in [0.05, 0.1) is 0 Å². The molecular weight excluding hydrogens is 199 g/mol. The molecule has 52 valence electrons. The zero-order valence-electron chi connectivity index (χ0n) is 3.97. The molecule has 2 N–H and O–H groups in total. The van der Waals surface area contributed by atoms with Gasteiger partial charge in [0.15, 0.2) is 0 Å². The number of hydrogen-bond acceptors (Lipinski definition) is 5. The van der Waals surface area contributed by atoms with Crippen molar-refractivity contribution >= 4 is 19.4 Å². The standard InChI is InChI=1S/CH2N2O5Se/c2-1(4)3-7-9(5,6)8-3/h(H2,2,4). The molecule has 1 saturated heterocycles. The molecule has 0 radical (unpaired) electrons. The molecule has 1 fully saturated rings. The van der Waals surface area contributed by atoms with Crippen LogP contribution in [0.2, 0.25) is 0 Å². The van der Waals surface area contributed by atoms with E-state index in [-0.39, 0.29) is 5.23 Å². The third-order valence-electron chi connectivity index (χ3n) is 0.498. The SMILES string of the molecule is NC(=O)N1O[Se](=O)(=O)O1. The maximum absolute atomic E-state index is 9.98. The van der Waals surface area contributed by atoms with E-state index in [1.807, 2.05) is 0 Å². The summed E-state index contributed by atoms with van der Waals surface area (Å²) >= 11 is -4.61. The van der Waals surface area contributed by atoms with Gasteiger partial charge in [0, 0.05) is 0 Å². The molecule has 1 heterocycles. The monoisotopic (exact) mass is 202 g/mol. The molecule has 2 amide bonds. The molecule has 0 bridgehead atoms. The predicted molar refractivity (Wildman–Crippen MR) is 20.7 cm³/mol. The molecule has 0 aromatic heterocycles. The van der Waals surface area contributed by atoms with E-state index in [1.165, 1.54) is 0 Å². The first-order valence-corrected chi connectivity index (χ1v) is 4.55. The molecule has 8 heteroatoms. The van der Waals surface area contributed by atoms with E-state index in [2.05, 4.69) is 13.6 Å². The van der Waals surface area contributed by atoms with Crippen LogP contribution in [0.1, 0.15) is 0 Å². The Hall–Kier alpha value is -0.691. The molecule has 0 saturated carbocycles. The van der Waals surface area contributed by atoms with Gasteiger partial charge in [-0.3, -0.25) is 0 Å². The first kappa shape index (κ1) is 6.43. The maximum atomic E-state index is 9.98. The van der Waals surface area contributed by atoms with Gasteiger partial charge in [0.25, 0.3) is 0 Å². The molecule has 0 unspecified atom stereocenters. The van der Waals surface area contributed by atoms with Gasteiger partial charge in [-0.1, -0.05) is 0 Å². The molecule has 1 rings (SSSR count). The second-order valence-corrected chi connectivity index (χ2v) is 3.49. The van der Waals surface area contributed by atoms with Gasteiger partial charge in [-0.2, -0.15) is 0 Å². The fourth-order valence-electron chi connectivity index (χ4n) is 0.245. The molecule has 1 aliphatic heterocycles. The Kier molecular flexibility index (Phi) is 1.17. The zero-order valence-corrected chi connectivity index (χ0v) is 5.69. The van der Waals surface area contributed by atoms with Gasteiger partial charge in [-0.15, -0.1) is 0 Å². The summed E-state index contributed by atoms with van der Waals surface area (Å²) in [4.78, 5) is 9.91. The van der Waals surface area contributed by atoms with Crippen molar-refractivity contribution in [3.63, 3.8) is 0 Å². The Bertz CT molecular complexity index is 217. The Morgan fingerprint density at radius 2 is 1.89 bits per heavy atom. The Balaban J connectivity index is 2.55. The van der Waals surface area contributed by atoms with Gasteiger partial charge in [0.1, 0.15) is 0 Å². The van der Waals surface area contributed by atoms with Crippen molar-refractivity contribution < 1.29 is 20.3 Å². The van der Waals surface area contributed by atoms with E-state index < -0.39 is 19.4 Å². The summed E-state index contributed by atoms with van der Waals surface area (Å²) in [6, 6.07) is -1.10. The van der Waals surface area contributed by atoms with E-state index in [0.29, 0.717) is 0 Å². The number of amides is 2. The van der Waals surface area contributed by atoms with E-state index in [9.17, 15) is 12.5 Å². The predicted octanol–water partition coefficient (Wildman–Crippen LogP) is -1.46. The first-order valence-electron chi connectivity index (χ1n) is 1.75. The van der Waals surface area contributed by atoms with Gasteiger partial charge in [-0.05, 0) is 0 Å². The van der Waals surface area contributed by atoms with Gasteiger partial charge in [0.2, 0.25) is 0 Å². The van der Waals surface area contributed by atoms with Crippen LogP contribution in [0.5, 0.6) is 0 Å². The van der Waals surface area contributed by atoms with Gasteiger partial charge >= 0.3 is 50.7 Å². The third-order valence-corrected chi connectivity index (χ3v) is 1.83. The molecular formula is CH2N2O5Se. The van der Waals surface area contributed by atoms with Crippen LogP contribution in [0.4, 0.5) is 4.79 Å². The number of carbonyl (C=O) groups is 1. The summed E-state index contributed by atoms with van der Waals surface area (Å²) in [5, 5.41) is 0.0833. The number of hydrogen-bond donors (Lipinski definition) is 1. The number of urea groups is 1. The van der Waals surface area contributed by atoms with Crippen molar-refractivity contribution in [2.45, 2.75) is 0 Å². The summed E-state index contributed by atoms with van der Waals surface area (Å²) in [7, 11) is 0. The van der Waals surface area contributed by atoms with Gasteiger partial charge < -0.3 is 0 Å². The number of hydroxylamine groups is 2. The number of carbonyl (C=O) groups excluding carboxylic acids is 1. The van der Waals surface area contributed by atoms with Crippen LogP contribution in [0, 0.1) is 0 Å². The first-order chi connectivity index (χ1) is 4.01. The zero-order chi connectivity index (χ0) is 7.07. The Morgan fingerprint density at radius 1 is 1.44 bits per heavy atom. The second kappa shape index (κ2) is 1.64. The van der Waals surface area contributed by atoms with E-state index in [4.69, 9.17) is 0 Å². The average Bonchev–Trinajstić information content (AvgIpc) is 1.59. The summed E-state index contributed by atoms with van der Waals surface area (Å²) in [6.07, 6.45) is 0. The normalized spacial score (nSPS) is 22.9. The Labute approximate surface area is 51.5 Å². The van der Waals surface area contributed by atoms with Crippen LogP contribution in [0.3, 0.4) is 0 Å². The number of rotatable bonds is 0. The number of primary amides is 1. The quantitative estimate of drug-likeness (QED) is 0.483. The average molecular weight is 201 g/mol. The van der Waals surface area contributed by atoms with Crippen molar-refractivity contribution in [3.8, 4) is 0 Å². The van der Waals surface area contributed by atoms with Crippen LogP contribution in [0.15, 0.2) is 0 Å². The van der Waals surface area contributed by atoms with Gasteiger partial charge in [-0.25, -0.2) is 0 Å². The minimum atomic E-state index is -4.61. The summed E-state index contributed by atoms with van der Waals surface area (Å²) in [5.74, 6) is 0. The van der Waals surface area contributed by atoms with Crippen LogP contribution in [-0.2, 0) is 15.5 Å². The molecule has 0 spiro atoms. The minimum absolute atomic E-state index is 0.0833. The second-order valence-electron chi connectivity index (χ2n) is 1.15. The van der Waals surface area contributed by atoms with Crippen LogP contribution >= 0.6 is 0 Å². The van der Waals surface area contributed by atoms with E-state index >= 15 is 0 Å². The van der Waals surface area contributed by atoms with E-state index in [0.717, 1.165) is 0 Å². The summed E-state index contributed by atoms with van der Waals surface area (Å²) in [5.41, 5.74) is 4.50. The van der Waals surface area contributed by atoms with E-state index in [1.54, 1.807) is 0 Å². The molecule has 0 aromatic carbocycles. The molecule has 9 heavy (non-hydrogen) atoms. The molecule has 7 nitrogen and oxygen atoms in total. The topological polar surface area (TPSA) is 98.9 Å². The van der Waals surface area contributed by atoms with Crippen molar-refractivity contribution in [1.29, 1.82) is 0 Å². The third kappa shape index (κ3) is 1.16. The van der Waals surface area contributed by atoms with Crippen molar-refractivity contribution in [1.82, 2.24) is 5.23 Å². The fraction of sp³-hybridized carbons (Fsp3) is 0. The Morgan fingerprint density at radius 3 is 2.00 bits per heavy atom. The fourth-order valence-corrected chi connectivity index (χ4v) is 1.27. The molecule has 0 atom stereocenters. The van der Waals surface area contributed by atoms with Crippen molar-refractivity contribution in [3.05, 3.63) is 0 Å². The number of nitrogens with zero attached hydrogens (tertiary/aromatic N) is 1. The summed E-state index contributed by atoms with van der Waals surface area (Å²) < 4.78 is 27.5. The van der Waals surface area contributed by atoms with Crippen LogP contribution < -0.4 is 5.73 Å². The molecule has 0 aliphatic carbocycles.